The van der Waals surface area contributed by atoms with Crippen LogP contribution in [0.3, 0.4) is 0 Å². The Morgan fingerprint density at radius 3 is 2.70 bits per heavy atom. The monoisotopic (exact) mass is 335 g/mol. The molecule has 1 aromatic carbocycles. The van der Waals surface area contributed by atoms with Gasteiger partial charge in [0.05, 0.1) is 4.90 Å². The number of sulfonamides is 1. The third-order valence-electron chi connectivity index (χ3n) is 3.47. The Hall–Kier alpha value is -1.73. The molecule has 124 valence electrons. The Morgan fingerprint density at radius 2 is 2.04 bits per heavy atom. The van der Waals surface area contributed by atoms with Crippen LogP contribution in [0.15, 0.2) is 33.7 Å². The Balaban J connectivity index is 1.85. The highest BCUT2D eigenvalue weighted by Gasteiger charge is 2.25. The van der Waals surface area contributed by atoms with Crippen molar-refractivity contribution >= 4 is 10.0 Å². The minimum Gasteiger partial charge on any atom is -0.334 e. The van der Waals surface area contributed by atoms with Crippen molar-refractivity contribution in [3.05, 3.63) is 30.1 Å². The molecule has 1 heterocycles. The average Bonchev–Trinajstić information content (AvgIpc) is 3.12. The molecule has 2 aromatic rings. The molecule has 0 saturated heterocycles. The number of hydrogen-bond donors (Lipinski definition) is 1. The molecule has 1 aliphatic rings. The van der Waals surface area contributed by atoms with E-state index in [1.807, 2.05) is 0 Å². The predicted octanol–water partition coefficient (Wildman–Crippen LogP) is 2.77. The van der Waals surface area contributed by atoms with Crippen molar-refractivity contribution in [1.82, 2.24) is 14.9 Å². The lowest BCUT2D eigenvalue weighted by Crippen LogP contribution is -2.40. The first-order valence-corrected chi connectivity index (χ1v) is 9.18. The summed E-state index contributed by atoms with van der Waals surface area (Å²) in [6.07, 6.45) is 3.26. The molecule has 0 aliphatic heterocycles. The lowest BCUT2D eigenvalue weighted by molar-refractivity contribution is 0.421. The van der Waals surface area contributed by atoms with Crippen molar-refractivity contribution in [2.45, 2.75) is 50.5 Å². The minimum absolute atomic E-state index is 0.187. The van der Waals surface area contributed by atoms with Crippen LogP contribution in [0.2, 0.25) is 0 Å². The molecule has 0 amide bonds. The van der Waals surface area contributed by atoms with Gasteiger partial charge >= 0.3 is 0 Å². The van der Waals surface area contributed by atoms with Gasteiger partial charge in [-0.2, -0.15) is 4.98 Å². The summed E-state index contributed by atoms with van der Waals surface area (Å²) in [6.45, 7) is 5.41. The second-order valence-electron chi connectivity index (χ2n) is 7.05. The summed E-state index contributed by atoms with van der Waals surface area (Å²) in [4.78, 5) is 4.55. The first-order chi connectivity index (χ1) is 10.7. The molecule has 1 aromatic heterocycles. The van der Waals surface area contributed by atoms with Crippen molar-refractivity contribution in [1.29, 1.82) is 0 Å². The first kappa shape index (κ1) is 16.1. The second-order valence-corrected chi connectivity index (χ2v) is 8.73. The van der Waals surface area contributed by atoms with E-state index < -0.39 is 15.6 Å². The largest absolute Gasteiger partial charge is 0.334 e. The number of rotatable bonds is 5. The maximum absolute atomic E-state index is 12.4. The number of nitrogens with one attached hydrogen (secondary N) is 1. The standard InChI is InChI=1S/C16H21N3O3S/c1-16(2,3)19-23(20,21)13-6-4-5-12(10-13)15-17-14(18-22-15)9-11-7-8-11/h4-6,10-11,19H,7-9H2,1-3H3. The van der Waals surface area contributed by atoms with Gasteiger partial charge in [-0.1, -0.05) is 11.2 Å². The van der Waals surface area contributed by atoms with Gasteiger partial charge in [-0.05, 0) is 57.7 Å². The maximum atomic E-state index is 12.4. The fraction of sp³-hybridized carbons (Fsp3) is 0.500. The van der Waals surface area contributed by atoms with E-state index in [9.17, 15) is 8.42 Å². The van der Waals surface area contributed by atoms with Crippen molar-refractivity contribution in [3.63, 3.8) is 0 Å². The van der Waals surface area contributed by atoms with E-state index in [0.717, 1.165) is 6.42 Å². The smallest absolute Gasteiger partial charge is 0.257 e. The molecule has 0 atom stereocenters. The van der Waals surface area contributed by atoms with E-state index in [2.05, 4.69) is 14.9 Å². The Kier molecular flexibility index (Phi) is 4.01. The molecule has 7 heteroatoms. The summed E-state index contributed by atoms with van der Waals surface area (Å²) in [5.41, 5.74) is 0.0628. The zero-order valence-corrected chi connectivity index (χ0v) is 14.4. The van der Waals surface area contributed by atoms with Crippen LogP contribution in [0.5, 0.6) is 0 Å². The highest BCUT2D eigenvalue weighted by atomic mass is 32.2. The molecule has 0 bridgehead atoms. The van der Waals surface area contributed by atoms with Gasteiger partial charge < -0.3 is 4.52 Å². The van der Waals surface area contributed by atoms with Crippen LogP contribution < -0.4 is 4.72 Å². The quantitative estimate of drug-likeness (QED) is 0.908. The molecule has 0 unspecified atom stereocenters. The fourth-order valence-corrected chi connectivity index (χ4v) is 3.76. The topological polar surface area (TPSA) is 85.1 Å². The Bertz CT molecular complexity index is 802. The van der Waals surface area contributed by atoms with E-state index in [4.69, 9.17) is 4.52 Å². The van der Waals surface area contributed by atoms with Crippen LogP contribution in [-0.4, -0.2) is 24.1 Å². The highest BCUT2D eigenvalue weighted by molar-refractivity contribution is 7.89. The van der Waals surface area contributed by atoms with Gasteiger partial charge in [0.25, 0.3) is 5.89 Å². The third-order valence-corrected chi connectivity index (χ3v) is 5.22. The molecular formula is C16H21N3O3S. The Morgan fingerprint density at radius 1 is 1.30 bits per heavy atom. The van der Waals surface area contributed by atoms with E-state index >= 15 is 0 Å². The summed E-state index contributed by atoms with van der Waals surface area (Å²) in [7, 11) is -3.59. The number of hydrogen-bond acceptors (Lipinski definition) is 5. The van der Waals surface area contributed by atoms with Gasteiger partial charge in [0.2, 0.25) is 10.0 Å². The normalized spacial score (nSPS) is 15.8. The van der Waals surface area contributed by atoms with Crippen molar-refractivity contribution in [2.24, 2.45) is 5.92 Å². The molecule has 1 N–H and O–H groups in total. The van der Waals surface area contributed by atoms with Gasteiger partial charge in [0.15, 0.2) is 5.82 Å². The molecule has 1 saturated carbocycles. The van der Waals surface area contributed by atoms with E-state index in [1.165, 1.54) is 12.8 Å². The van der Waals surface area contributed by atoms with Gasteiger partial charge in [-0.15, -0.1) is 0 Å². The van der Waals surface area contributed by atoms with Crippen LogP contribution in [0.25, 0.3) is 11.5 Å². The van der Waals surface area contributed by atoms with Gasteiger partial charge in [0.1, 0.15) is 0 Å². The van der Waals surface area contributed by atoms with Gasteiger partial charge in [0, 0.05) is 17.5 Å². The fourth-order valence-electron chi connectivity index (χ4n) is 2.29. The zero-order valence-electron chi connectivity index (χ0n) is 13.5. The SMILES string of the molecule is CC(C)(C)NS(=O)(=O)c1cccc(-c2nc(CC3CC3)no2)c1. The molecule has 0 spiro atoms. The molecule has 23 heavy (non-hydrogen) atoms. The summed E-state index contributed by atoms with van der Waals surface area (Å²) in [6, 6.07) is 6.56. The maximum Gasteiger partial charge on any atom is 0.257 e. The van der Waals surface area contributed by atoms with Crippen LogP contribution in [0.1, 0.15) is 39.4 Å². The minimum atomic E-state index is -3.59. The summed E-state index contributed by atoms with van der Waals surface area (Å²) < 4.78 is 32.7. The summed E-state index contributed by atoms with van der Waals surface area (Å²) >= 11 is 0. The molecule has 0 radical (unpaired) electrons. The first-order valence-electron chi connectivity index (χ1n) is 7.70. The number of benzene rings is 1. The average molecular weight is 335 g/mol. The van der Waals surface area contributed by atoms with Gasteiger partial charge in [-0.3, -0.25) is 0 Å². The van der Waals surface area contributed by atoms with E-state index in [1.54, 1.807) is 45.0 Å². The molecule has 6 nitrogen and oxygen atoms in total. The number of nitrogens with zero attached hydrogens (tertiary/aromatic N) is 2. The number of aromatic nitrogens is 2. The van der Waals surface area contributed by atoms with Crippen LogP contribution >= 0.6 is 0 Å². The summed E-state index contributed by atoms with van der Waals surface area (Å²) in [5, 5.41) is 3.97. The molecule has 1 fully saturated rings. The Labute approximate surface area is 136 Å². The molecule has 1 aliphatic carbocycles. The van der Waals surface area contributed by atoms with Crippen molar-refractivity contribution in [2.75, 3.05) is 0 Å². The van der Waals surface area contributed by atoms with Crippen molar-refractivity contribution in [3.8, 4) is 11.5 Å². The zero-order chi connectivity index (χ0) is 16.7. The van der Waals surface area contributed by atoms with Crippen LogP contribution in [-0.2, 0) is 16.4 Å². The lowest BCUT2D eigenvalue weighted by Gasteiger charge is -2.20. The van der Waals surface area contributed by atoms with E-state index in [0.29, 0.717) is 23.2 Å². The predicted molar refractivity (Wildman–Crippen MR) is 86.2 cm³/mol. The van der Waals surface area contributed by atoms with Crippen molar-refractivity contribution < 1.29 is 12.9 Å². The second kappa shape index (κ2) is 5.72. The lowest BCUT2D eigenvalue weighted by atomic mass is 10.1. The highest BCUT2D eigenvalue weighted by Crippen LogP contribution is 2.32. The molecular weight excluding hydrogens is 314 g/mol. The van der Waals surface area contributed by atoms with Crippen LogP contribution in [0.4, 0.5) is 0 Å². The third kappa shape index (κ3) is 4.17. The molecule has 3 rings (SSSR count). The van der Waals surface area contributed by atoms with Crippen LogP contribution in [0, 0.1) is 5.92 Å². The van der Waals surface area contributed by atoms with E-state index in [-0.39, 0.29) is 4.90 Å². The van der Waals surface area contributed by atoms with Gasteiger partial charge in [-0.25, -0.2) is 13.1 Å². The summed E-state index contributed by atoms with van der Waals surface area (Å²) in [5.74, 6) is 1.71.